The maximum absolute atomic E-state index is 12.0. The van der Waals surface area contributed by atoms with E-state index in [9.17, 15) is 14.7 Å². The fourth-order valence-corrected chi connectivity index (χ4v) is 2.22. The number of amides is 2. The summed E-state index contributed by atoms with van der Waals surface area (Å²) in [5, 5.41) is 21.2. The summed E-state index contributed by atoms with van der Waals surface area (Å²) in [7, 11) is 0. The van der Waals surface area contributed by atoms with Crippen molar-refractivity contribution < 1.29 is 19.8 Å². The van der Waals surface area contributed by atoms with Gasteiger partial charge in [0.2, 0.25) is 0 Å². The zero-order valence-corrected chi connectivity index (χ0v) is 11.6. The van der Waals surface area contributed by atoms with Gasteiger partial charge in [0.05, 0.1) is 6.10 Å². The first-order chi connectivity index (χ1) is 8.95. The minimum atomic E-state index is -0.994. The Morgan fingerprint density at radius 3 is 2.68 bits per heavy atom. The van der Waals surface area contributed by atoms with E-state index in [0.29, 0.717) is 25.9 Å². The number of carboxylic acids is 1. The minimum Gasteiger partial charge on any atom is -0.480 e. The van der Waals surface area contributed by atoms with E-state index in [0.717, 1.165) is 12.8 Å². The van der Waals surface area contributed by atoms with E-state index in [1.807, 2.05) is 13.8 Å². The van der Waals surface area contributed by atoms with E-state index in [1.165, 1.54) is 0 Å². The first-order valence-electron chi connectivity index (χ1n) is 6.92. The average molecular weight is 272 g/mol. The third kappa shape index (κ3) is 4.70. The highest BCUT2D eigenvalue weighted by atomic mass is 16.4. The highest BCUT2D eigenvalue weighted by Gasteiger charge is 2.29. The van der Waals surface area contributed by atoms with Crippen molar-refractivity contribution in [3.8, 4) is 0 Å². The van der Waals surface area contributed by atoms with Gasteiger partial charge in [-0.05, 0) is 18.8 Å². The molecule has 3 N–H and O–H groups in total. The molecular weight excluding hydrogens is 248 g/mol. The number of nitrogens with one attached hydrogen (secondary N) is 1. The van der Waals surface area contributed by atoms with E-state index in [2.05, 4.69) is 5.32 Å². The number of likely N-dealkylation sites (tertiary alicyclic amines) is 1. The molecule has 1 saturated heterocycles. The van der Waals surface area contributed by atoms with Crippen molar-refractivity contribution in [2.24, 2.45) is 5.92 Å². The molecule has 1 fully saturated rings. The number of aliphatic hydroxyl groups excluding tert-OH is 1. The van der Waals surface area contributed by atoms with Gasteiger partial charge in [-0.1, -0.05) is 26.7 Å². The first-order valence-corrected chi connectivity index (χ1v) is 6.92. The highest BCUT2D eigenvalue weighted by molar-refractivity contribution is 5.82. The van der Waals surface area contributed by atoms with Crippen molar-refractivity contribution in [3.63, 3.8) is 0 Å². The molecule has 110 valence electrons. The Kier molecular flexibility index (Phi) is 6.08. The van der Waals surface area contributed by atoms with Crippen LogP contribution in [0, 0.1) is 5.92 Å². The van der Waals surface area contributed by atoms with Crippen LogP contribution in [0.1, 0.15) is 39.5 Å². The molecule has 6 nitrogen and oxygen atoms in total. The molecule has 2 amide bonds. The Bertz CT molecular complexity index is 322. The molecule has 3 unspecified atom stereocenters. The van der Waals surface area contributed by atoms with Gasteiger partial charge in [-0.25, -0.2) is 9.59 Å². The number of hydrogen-bond acceptors (Lipinski definition) is 3. The Morgan fingerprint density at radius 2 is 2.16 bits per heavy atom. The van der Waals surface area contributed by atoms with Gasteiger partial charge in [0.1, 0.15) is 6.04 Å². The lowest BCUT2D eigenvalue weighted by atomic mass is 9.97. The van der Waals surface area contributed by atoms with E-state index in [1.54, 1.807) is 4.90 Å². The summed E-state index contributed by atoms with van der Waals surface area (Å²) in [5.41, 5.74) is 0. The number of piperidine rings is 1. The van der Waals surface area contributed by atoms with Gasteiger partial charge in [0, 0.05) is 13.1 Å². The molecule has 0 saturated carbocycles. The van der Waals surface area contributed by atoms with Crippen LogP contribution in [0.4, 0.5) is 4.79 Å². The maximum atomic E-state index is 12.0. The third-order valence-corrected chi connectivity index (χ3v) is 3.59. The van der Waals surface area contributed by atoms with Crippen LogP contribution in [0.15, 0.2) is 0 Å². The molecule has 0 bridgehead atoms. The van der Waals surface area contributed by atoms with Gasteiger partial charge < -0.3 is 20.4 Å². The Labute approximate surface area is 113 Å². The van der Waals surface area contributed by atoms with Crippen LogP contribution in [0.5, 0.6) is 0 Å². The molecule has 3 atom stereocenters. The van der Waals surface area contributed by atoms with Crippen LogP contribution in [0.25, 0.3) is 0 Å². The fourth-order valence-electron chi connectivity index (χ4n) is 2.22. The monoisotopic (exact) mass is 272 g/mol. The van der Waals surface area contributed by atoms with Gasteiger partial charge in [-0.3, -0.25) is 0 Å². The molecule has 0 aromatic heterocycles. The predicted octanol–water partition coefficient (Wildman–Crippen LogP) is 1.04. The largest absolute Gasteiger partial charge is 0.480 e. The normalized spacial score (nSPS) is 24.9. The van der Waals surface area contributed by atoms with Crippen molar-refractivity contribution >= 4 is 12.0 Å². The second-order valence-electron chi connectivity index (χ2n) is 5.26. The van der Waals surface area contributed by atoms with E-state index in [4.69, 9.17) is 5.11 Å². The predicted molar refractivity (Wildman–Crippen MR) is 70.8 cm³/mol. The number of unbranched alkanes of at least 4 members (excludes halogenated alkanes) is 1. The number of carbonyl (C=O) groups excluding carboxylic acids is 1. The van der Waals surface area contributed by atoms with Crippen molar-refractivity contribution in [2.45, 2.75) is 51.7 Å². The quantitative estimate of drug-likeness (QED) is 0.697. The average Bonchev–Trinajstić information content (AvgIpc) is 2.37. The number of nitrogens with zero attached hydrogens (tertiary/aromatic N) is 1. The lowest BCUT2D eigenvalue weighted by Crippen LogP contribution is -2.52. The summed E-state index contributed by atoms with van der Waals surface area (Å²) in [6.45, 7) is 4.80. The number of hydrogen-bond donors (Lipinski definition) is 3. The van der Waals surface area contributed by atoms with Crippen LogP contribution < -0.4 is 5.32 Å². The molecule has 1 rings (SSSR count). The van der Waals surface area contributed by atoms with E-state index < -0.39 is 12.0 Å². The van der Waals surface area contributed by atoms with Gasteiger partial charge in [0.25, 0.3) is 0 Å². The number of aliphatic carboxylic acids is 1. The molecule has 0 aromatic rings. The van der Waals surface area contributed by atoms with Crippen LogP contribution >= 0.6 is 0 Å². The van der Waals surface area contributed by atoms with Crippen molar-refractivity contribution in [1.29, 1.82) is 0 Å². The maximum Gasteiger partial charge on any atom is 0.326 e. The number of carboxylic acid groups (broad SMARTS) is 1. The number of rotatable bonds is 5. The molecule has 0 aliphatic carbocycles. The van der Waals surface area contributed by atoms with Gasteiger partial charge >= 0.3 is 12.0 Å². The number of aliphatic hydroxyl groups is 1. The first kappa shape index (κ1) is 15.8. The highest BCUT2D eigenvalue weighted by Crippen LogP contribution is 2.16. The van der Waals surface area contributed by atoms with Crippen LogP contribution in [0.3, 0.4) is 0 Å². The molecule has 0 spiro atoms. The molecule has 19 heavy (non-hydrogen) atoms. The molecular formula is C13H24N2O4. The second kappa shape index (κ2) is 7.33. The van der Waals surface area contributed by atoms with Crippen LogP contribution in [-0.2, 0) is 4.79 Å². The van der Waals surface area contributed by atoms with Gasteiger partial charge in [-0.2, -0.15) is 0 Å². The molecule has 1 heterocycles. The molecule has 0 radical (unpaired) electrons. The fraction of sp³-hybridized carbons (Fsp3) is 0.846. The van der Waals surface area contributed by atoms with E-state index in [-0.39, 0.29) is 18.1 Å². The van der Waals surface area contributed by atoms with Crippen molar-refractivity contribution in [2.75, 3.05) is 13.1 Å². The van der Waals surface area contributed by atoms with Crippen LogP contribution in [-0.4, -0.2) is 52.3 Å². The molecule has 1 aliphatic rings. The molecule has 0 aromatic carbocycles. The number of urea groups is 1. The Morgan fingerprint density at radius 1 is 1.47 bits per heavy atom. The summed E-state index contributed by atoms with van der Waals surface area (Å²) in [6, 6.07) is -1.17. The lowest BCUT2D eigenvalue weighted by molar-refractivity contribution is -0.139. The summed E-state index contributed by atoms with van der Waals surface area (Å²) in [4.78, 5) is 24.6. The zero-order valence-electron chi connectivity index (χ0n) is 11.6. The standard InChI is InChI=1S/C13H24N2O4/c1-3-4-5-10(12(17)18)14-13(19)15-7-6-11(16)9(2)8-15/h9-11,16H,3-8H2,1-2H3,(H,14,19)(H,17,18). The Balaban J connectivity index is 2.50. The summed E-state index contributed by atoms with van der Waals surface area (Å²) in [6.07, 6.45) is 2.28. The summed E-state index contributed by atoms with van der Waals surface area (Å²) < 4.78 is 0. The topological polar surface area (TPSA) is 89.9 Å². The Hall–Kier alpha value is -1.30. The minimum absolute atomic E-state index is 0.0263. The molecule has 6 heteroatoms. The van der Waals surface area contributed by atoms with Crippen molar-refractivity contribution in [3.05, 3.63) is 0 Å². The summed E-state index contributed by atoms with van der Waals surface area (Å²) >= 11 is 0. The summed E-state index contributed by atoms with van der Waals surface area (Å²) in [5.74, 6) is -0.967. The lowest BCUT2D eigenvalue weighted by Gasteiger charge is -2.34. The van der Waals surface area contributed by atoms with Gasteiger partial charge in [0.15, 0.2) is 0 Å². The smallest absolute Gasteiger partial charge is 0.326 e. The second-order valence-corrected chi connectivity index (χ2v) is 5.26. The third-order valence-electron chi connectivity index (χ3n) is 3.59. The molecule has 1 aliphatic heterocycles. The van der Waals surface area contributed by atoms with E-state index >= 15 is 0 Å². The number of carbonyl (C=O) groups is 2. The SMILES string of the molecule is CCCCC(NC(=O)N1CCC(O)C(C)C1)C(=O)O. The van der Waals surface area contributed by atoms with Crippen LogP contribution in [0.2, 0.25) is 0 Å². The van der Waals surface area contributed by atoms with Gasteiger partial charge in [-0.15, -0.1) is 0 Å². The zero-order chi connectivity index (χ0) is 14.4. The van der Waals surface area contributed by atoms with Crippen molar-refractivity contribution in [1.82, 2.24) is 10.2 Å².